The van der Waals surface area contributed by atoms with Crippen LogP contribution >= 0.6 is 0 Å². The van der Waals surface area contributed by atoms with Gasteiger partial charge in [-0.1, -0.05) is 11.6 Å². The number of nitrogens with one attached hydrogen (secondary N) is 1. The minimum absolute atomic E-state index is 0.0443. The first kappa shape index (κ1) is 15.2. The first-order chi connectivity index (χ1) is 10.2. The largest absolute Gasteiger partial charge is 0.298 e. The van der Waals surface area contributed by atoms with Crippen molar-refractivity contribution in [1.82, 2.24) is 5.32 Å². The molecular formula is C16H19N3O2. The fraction of sp³-hybridized carbons (Fsp3) is 0.438. The zero-order valence-electron chi connectivity index (χ0n) is 11.9. The second-order valence-electron chi connectivity index (χ2n) is 5.22. The first-order valence-corrected chi connectivity index (χ1v) is 7.26. The highest BCUT2D eigenvalue weighted by Gasteiger charge is 2.12. The van der Waals surface area contributed by atoms with Gasteiger partial charge >= 0.3 is 0 Å². The normalized spacial score (nSPS) is 15.9. The number of nitrogens with zero attached hydrogens (tertiary/aromatic N) is 2. The molecule has 0 bridgehead atoms. The summed E-state index contributed by atoms with van der Waals surface area (Å²) in [6.07, 6.45) is 8.13. The van der Waals surface area contributed by atoms with Gasteiger partial charge in [0.15, 0.2) is 0 Å². The predicted molar refractivity (Wildman–Crippen MR) is 80.6 cm³/mol. The highest BCUT2D eigenvalue weighted by atomic mass is 16.6. The molecule has 0 heterocycles. The van der Waals surface area contributed by atoms with Crippen molar-refractivity contribution in [2.24, 2.45) is 0 Å². The Morgan fingerprint density at radius 1 is 1.33 bits per heavy atom. The molecule has 0 saturated heterocycles. The topological polar surface area (TPSA) is 79.0 Å². The number of allylic oxidation sites excluding steroid dienone is 1. The van der Waals surface area contributed by atoms with Crippen LogP contribution in [0.3, 0.4) is 0 Å². The number of nitriles is 1. The van der Waals surface area contributed by atoms with Gasteiger partial charge in [0.2, 0.25) is 0 Å². The minimum Gasteiger partial charge on any atom is -0.298 e. The Kier molecular flexibility index (Phi) is 5.47. The Bertz CT molecular complexity index is 558. The lowest BCUT2D eigenvalue weighted by molar-refractivity contribution is -0.384. The van der Waals surface area contributed by atoms with E-state index in [4.69, 9.17) is 0 Å². The summed E-state index contributed by atoms with van der Waals surface area (Å²) in [4.78, 5) is 10.2. The molecule has 2 rings (SSSR count). The molecule has 0 fully saturated rings. The van der Waals surface area contributed by atoms with Crippen LogP contribution in [0.2, 0.25) is 0 Å². The average Bonchev–Trinajstić information content (AvgIpc) is 2.53. The Balaban J connectivity index is 1.89. The van der Waals surface area contributed by atoms with Crippen LogP contribution in [0.4, 0.5) is 5.69 Å². The fourth-order valence-electron chi connectivity index (χ4n) is 2.54. The van der Waals surface area contributed by atoms with E-state index in [1.165, 1.54) is 37.0 Å². The van der Waals surface area contributed by atoms with Crippen LogP contribution in [-0.2, 0) is 0 Å². The van der Waals surface area contributed by atoms with Crippen molar-refractivity contribution in [3.63, 3.8) is 0 Å². The van der Waals surface area contributed by atoms with Crippen molar-refractivity contribution in [3.8, 4) is 6.07 Å². The van der Waals surface area contributed by atoms with Gasteiger partial charge in [-0.3, -0.25) is 15.4 Å². The van der Waals surface area contributed by atoms with Gasteiger partial charge in [-0.2, -0.15) is 5.26 Å². The van der Waals surface area contributed by atoms with Crippen molar-refractivity contribution in [1.29, 1.82) is 5.26 Å². The van der Waals surface area contributed by atoms with E-state index in [1.54, 1.807) is 12.1 Å². The summed E-state index contributed by atoms with van der Waals surface area (Å²) in [7, 11) is 0. The molecule has 1 atom stereocenters. The third-order valence-corrected chi connectivity index (χ3v) is 3.75. The molecule has 5 nitrogen and oxygen atoms in total. The van der Waals surface area contributed by atoms with E-state index >= 15 is 0 Å². The van der Waals surface area contributed by atoms with Crippen molar-refractivity contribution in [2.45, 2.75) is 38.1 Å². The quantitative estimate of drug-likeness (QED) is 0.491. The second kappa shape index (κ2) is 7.55. The van der Waals surface area contributed by atoms with Gasteiger partial charge in [-0.05, 0) is 49.8 Å². The third-order valence-electron chi connectivity index (χ3n) is 3.75. The van der Waals surface area contributed by atoms with Crippen LogP contribution in [0.1, 0.15) is 43.7 Å². The molecule has 1 unspecified atom stereocenters. The number of rotatable bonds is 6. The summed E-state index contributed by atoms with van der Waals surface area (Å²) in [6.45, 7) is 0.751. The maximum Gasteiger partial charge on any atom is 0.269 e. The molecule has 0 amide bonds. The summed E-state index contributed by atoms with van der Waals surface area (Å²) in [5, 5.41) is 23.1. The second-order valence-corrected chi connectivity index (χ2v) is 5.22. The van der Waals surface area contributed by atoms with Crippen LogP contribution < -0.4 is 5.32 Å². The van der Waals surface area contributed by atoms with E-state index in [1.807, 2.05) is 0 Å². The van der Waals surface area contributed by atoms with Gasteiger partial charge < -0.3 is 0 Å². The molecule has 1 aromatic carbocycles. The van der Waals surface area contributed by atoms with Crippen LogP contribution in [0, 0.1) is 21.4 Å². The van der Waals surface area contributed by atoms with E-state index in [0.717, 1.165) is 24.9 Å². The molecule has 0 spiro atoms. The van der Waals surface area contributed by atoms with Crippen molar-refractivity contribution >= 4 is 5.69 Å². The fourth-order valence-corrected chi connectivity index (χ4v) is 2.54. The lowest BCUT2D eigenvalue weighted by Gasteiger charge is -2.15. The molecule has 0 aliphatic heterocycles. The molecule has 0 radical (unpaired) electrons. The van der Waals surface area contributed by atoms with Gasteiger partial charge in [-0.15, -0.1) is 0 Å². The molecule has 0 aromatic heterocycles. The number of non-ortho nitro benzene ring substituents is 1. The molecular weight excluding hydrogens is 266 g/mol. The van der Waals surface area contributed by atoms with Crippen molar-refractivity contribution in [2.75, 3.05) is 6.54 Å². The number of benzene rings is 1. The highest BCUT2D eigenvalue weighted by molar-refractivity contribution is 5.35. The molecule has 1 aliphatic carbocycles. The Labute approximate surface area is 124 Å². The maximum absolute atomic E-state index is 10.6. The molecule has 1 N–H and O–H groups in total. The summed E-state index contributed by atoms with van der Waals surface area (Å²) in [5.41, 5.74) is 2.28. The molecule has 21 heavy (non-hydrogen) atoms. The van der Waals surface area contributed by atoms with E-state index in [0.29, 0.717) is 0 Å². The SMILES string of the molecule is N#CC(NCCC1=CCCCC1)c1ccc([N+](=O)[O-])cc1. The summed E-state index contributed by atoms with van der Waals surface area (Å²) < 4.78 is 0. The highest BCUT2D eigenvalue weighted by Crippen LogP contribution is 2.21. The summed E-state index contributed by atoms with van der Waals surface area (Å²) >= 11 is 0. The van der Waals surface area contributed by atoms with E-state index in [2.05, 4.69) is 17.5 Å². The molecule has 110 valence electrons. The minimum atomic E-state index is -0.436. The number of nitro benzene ring substituents is 1. The van der Waals surface area contributed by atoms with Gasteiger partial charge in [0.1, 0.15) is 6.04 Å². The lowest BCUT2D eigenvalue weighted by Crippen LogP contribution is -2.21. The zero-order valence-corrected chi connectivity index (χ0v) is 11.9. The Morgan fingerprint density at radius 2 is 2.10 bits per heavy atom. The first-order valence-electron chi connectivity index (χ1n) is 7.26. The monoisotopic (exact) mass is 285 g/mol. The van der Waals surface area contributed by atoms with Crippen LogP contribution in [0.15, 0.2) is 35.9 Å². The Morgan fingerprint density at radius 3 is 2.67 bits per heavy atom. The van der Waals surface area contributed by atoms with Crippen molar-refractivity contribution < 1.29 is 4.92 Å². The lowest BCUT2D eigenvalue weighted by atomic mass is 9.97. The molecule has 0 saturated carbocycles. The van der Waals surface area contributed by atoms with E-state index in [-0.39, 0.29) is 5.69 Å². The number of hydrogen-bond donors (Lipinski definition) is 1. The van der Waals surface area contributed by atoms with Gasteiger partial charge in [0.25, 0.3) is 5.69 Å². The summed E-state index contributed by atoms with van der Waals surface area (Å²) in [6, 6.07) is 7.93. The molecule has 5 heteroatoms. The van der Waals surface area contributed by atoms with E-state index < -0.39 is 11.0 Å². The van der Waals surface area contributed by atoms with Crippen LogP contribution in [-0.4, -0.2) is 11.5 Å². The Hall–Kier alpha value is -2.19. The molecule has 1 aromatic rings. The standard InChI is InChI=1S/C16H19N3O2/c17-12-16(14-6-8-15(9-7-14)19(20)21)18-11-10-13-4-2-1-3-5-13/h4,6-9,16,18H,1-3,5,10-11H2. The van der Waals surface area contributed by atoms with Crippen LogP contribution in [0.5, 0.6) is 0 Å². The number of hydrogen-bond acceptors (Lipinski definition) is 4. The van der Waals surface area contributed by atoms with Gasteiger partial charge in [-0.25, -0.2) is 0 Å². The molecule has 1 aliphatic rings. The van der Waals surface area contributed by atoms with Gasteiger partial charge in [0, 0.05) is 18.7 Å². The number of nitro groups is 1. The third kappa shape index (κ3) is 4.40. The van der Waals surface area contributed by atoms with Crippen molar-refractivity contribution in [3.05, 3.63) is 51.6 Å². The van der Waals surface area contributed by atoms with E-state index in [9.17, 15) is 15.4 Å². The smallest absolute Gasteiger partial charge is 0.269 e. The average molecular weight is 285 g/mol. The predicted octanol–water partition coefficient (Wildman–Crippen LogP) is 3.64. The van der Waals surface area contributed by atoms with Crippen LogP contribution in [0.25, 0.3) is 0 Å². The zero-order chi connectivity index (χ0) is 15.1. The summed E-state index contributed by atoms with van der Waals surface area (Å²) in [5.74, 6) is 0. The maximum atomic E-state index is 10.6. The van der Waals surface area contributed by atoms with Gasteiger partial charge in [0.05, 0.1) is 11.0 Å².